The summed E-state index contributed by atoms with van der Waals surface area (Å²) < 4.78 is 15.9. The molecule has 22 heavy (non-hydrogen) atoms. The van der Waals surface area contributed by atoms with Gasteiger partial charge in [-0.05, 0) is 43.2 Å². The number of benzene rings is 2. The van der Waals surface area contributed by atoms with Gasteiger partial charge in [0.25, 0.3) is 0 Å². The van der Waals surface area contributed by atoms with Crippen LogP contribution >= 0.6 is 7.29 Å². The van der Waals surface area contributed by atoms with Gasteiger partial charge in [-0.1, -0.05) is 48.5 Å². The first-order valence-corrected chi connectivity index (χ1v) is 9.10. The highest BCUT2D eigenvalue weighted by molar-refractivity contribution is 7.73. The van der Waals surface area contributed by atoms with Crippen LogP contribution in [0, 0.1) is 0 Å². The van der Waals surface area contributed by atoms with Gasteiger partial charge in [0.2, 0.25) is 7.29 Å². The van der Waals surface area contributed by atoms with Crippen molar-refractivity contribution in [2.45, 2.75) is 20.4 Å². The van der Waals surface area contributed by atoms with Crippen molar-refractivity contribution >= 4 is 12.6 Å². The largest absolute Gasteiger partial charge is 0.318 e. The smallest absolute Gasteiger partial charge is 0.225 e. The van der Waals surface area contributed by atoms with E-state index in [0.717, 1.165) is 21.8 Å². The van der Waals surface area contributed by atoms with Crippen molar-refractivity contribution in [3.05, 3.63) is 89.4 Å². The fourth-order valence-electron chi connectivity index (χ4n) is 2.87. The Bertz CT molecular complexity index is 763. The minimum absolute atomic E-state index is 0.648. The van der Waals surface area contributed by atoms with Crippen molar-refractivity contribution in [1.29, 1.82) is 0 Å². The number of nitrogens with zero attached hydrogens (tertiary/aromatic N) is 1. The van der Waals surface area contributed by atoms with Crippen LogP contribution in [0.1, 0.15) is 19.4 Å². The van der Waals surface area contributed by atoms with Gasteiger partial charge in [-0.25, -0.2) is 0 Å². The molecule has 3 heteroatoms. The molecular weight excluding hydrogens is 289 g/mol. The predicted octanol–water partition coefficient (Wildman–Crippen LogP) is 4.91. The first-order valence-electron chi connectivity index (χ1n) is 7.45. The van der Waals surface area contributed by atoms with Crippen LogP contribution in [0.15, 0.2) is 83.8 Å². The molecule has 2 nitrogen and oxygen atoms in total. The summed E-state index contributed by atoms with van der Waals surface area (Å²) in [6.07, 6.45) is 4.06. The van der Waals surface area contributed by atoms with Gasteiger partial charge in [0.05, 0.1) is 0 Å². The van der Waals surface area contributed by atoms with Crippen LogP contribution in [0.5, 0.6) is 0 Å². The number of hydrogen-bond donors (Lipinski definition) is 0. The molecular formula is C19H20NOP. The Kier molecular flexibility index (Phi) is 4.04. The Balaban J connectivity index is 2.05. The van der Waals surface area contributed by atoms with Gasteiger partial charge in [0.1, 0.15) is 0 Å². The monoisotopic (exact) mass is 309 g/mol. The van der Waals surface area contributed by atoms with Gasteiger partial charge in [-0.15, -0.1) is 0 Å². The number of hydrogen-bond acceptors (Lipinski definition) is 1. The highest BCUT2D eigenvalue weighted by Crippen LogP contribution is 2.58. The predicted molar refractivity (Wildman–Crippen MR) is 93.2 cm³/mol. The highest BCUT2D eigenvalue weighted by Gasteiger charge is 2.34. The standard InChI is InChI=1S/C19H20NOP/c1-16-13-17(2)22(21,19-11-7-4-8-12-19)20(14-16)15-18-9-5-3-6-10-18/h3-14H,15H2,1-2H3. The lowest BCUT2D eigenvalue weighted by atomic mass is 10.2. The van der Waals surface area contributed by atoms with Crippen LogP contribution < -0.4 is 5.30 Å². The zero-order chi connectivity index (χ0) is 15.6. The van der Waals surface area contributed by atoms with E-state index in [9.17, 15) is 4.57 Å². The molecule has 1 atom stereocenters. The first kappa shape index (κ1) is 14.9. The molecule has 0 bridgehead atoms. The Morgan fingerprint density at radius 3 is 2.14 bits per heavy atom. The van der Waals surface area contributed by atoms with Crippen molar-refractivity contribution < 1.29 is 4.57 Å². The molecule has 1 unspecified atom stereocenters. The van der Waals surface area contributed by atoms with Gasteiger partial charge >= 0.3 is 0 Å². The van der Waals surface area contributed by atoms with E-state index in [2.05, 4.69) is 19.1 Å². The molecule has 0 saturated carbocycles. The average Bonchev–Trinajstić information content (AvgIpc) is 2.54. The summed E-state index contributed by atoms with van der Waals surface area (Å²) in [7, 11) is -2.75. The van der Waals surface area contributed by atoms with E-state index in [1.165, 1.54) is 0 Å². The molecule has 1 heterocycles. The van der Waals surface area contributed by atoms with Crippen LogP contribution in [-0.2, 0) is 11.1 Å². The Hall–Kier alpha value is -2.05. The molecule has 1 aliphatic rings. The Morgan fingerprint density at radius 2 is 1.50 bits per heavy atom. The molecule has 3 rings (SSSR count). The minimum Gasteiger partial charge on any atom is -0.318 e. The second kappa shape index (κ2) is 5.98. The van der Waals surface area contributed by atoms with Crippen LogP contribution in [-0.4, -0.2) is 4.67 Å². The van der Waals surface area contributed by atoms with E-state index in [1.807, 2.05) is 72.4 Å². The van der Waals surface area contributed by atoms with E-state index in [-0.39, 0.29) is 0 Å². The van der Waals surface area contributed by atoms with Crippen LogP contribution in [0.25, 0.3) is 0 Å². The Morgan fingerprint density at radius 1 is 0.909 bits per heavy atom. The van der Waals surface area contributed by atoms with Crippen molar-refractivity contribution in [1.82, 2.24) is 4.67 Å². The third-order valence-electron chi connectivity index (χ3n) is 3.92. The third kappa shape index (κ3) is 2.67. The summed E-state index contributed by atoms with van der Waals surface area (Å²) in [6, 6.07) is 20.0. The van der Waals surface area contributed by atoms with Gasteiger partial charge < -0.3 is 4.67 Å². The fourth-order valence-corrected chi connectivity index (χ4v) is 5.64. The zero-order valence-electron chi connectivity index (χ0n) is 12.9. The fraction of sp³-hybridized carbons (Fsp3) is 0.158. The Labute approximate surface area is 132 Å². The van der Waals surface area contributed by atoms with E-state index in [0.29, 0.717) is 6.54 Å². The van der Waals surface area contributed by atoms with Gasteiger partial charge in [0, 0.05) is 23.4 Å². The molecule has 112 valence electrons. The van der Waals surface area contributed by atoms with Gasteiger partial charge in [-0.2, -0.15) is 0 Å². The third-order valence-corrected chi connectivity index (χ3v) is 6.99. The molecule has 0 aromatic heterocycles. The lowest BCUT2D eigenvalue weighted by Crippen LogP contribution is -2.24. The quantitative estimate of drug-likeness (QED) is 0.751. The second-order valence-electron chi connectivity index (χ2n) is 5.65. The molecule has 1 aliphatic heterocycles. The molecule has 0 spiro atoms. The topological polar surface area (TPSA) is 20.3 Å². The van der Waals surface area contributed by atoms with Crippen LogP contribution in [0.4, 0.5) is 0 Å². The van der Waals surface area contributed by atoms with Crippen molar-refractivity contribution in [2.75, 3.05) is 0 Å². The summed E-state index contributed by atoms with van der Waals surface area (Å²) in [6.45, 7) is 4.67. The van der Waals surface area contributed by atoms with Crippen molar-refractivity contribution in [2.24, 2.45) is 0 Å². The molecule has 0 aliphatic carbocycles. The van der Waals surface area contributed by atoms with Crippen LogP contribution in [0.3, 0.4) is 0 Å². The second-order valence-corrected chi connectivity index (χ2v) is 8.54. The molecule has 0 radical (unpaired) electrons. The maximum atomic E-state index is 13.9. The summed E-state index contributed by atoms with van der Waals surface area (Å²) in [5, 5.41) is 1.83. The average molecular weight is 309 g/mol. The molecule has 0 saturated heterocycles. The molecule has 0 fully saturated rings. The lowest BCUT2D eigenvalue weighted by Gasteiger charge is -2.35. The maximum absolute atomic E-state index is 13.9. The lowest BCUT2D eigenvalue weighted by molar-refractivity contribution is 0.502. The summed E-state index contributed by atoms with van der Waals surface area (Å²) in [5.74, 6) is 0. The molecule has 2 aromatic rings. The normalized spacial score (nSPS) is 21.3. The minimum atomic E-state index is -2.75. The molecule has 0 amide bonds. The SMILES string of the molecule is CC1=CN(Cc2ccccc2)P(=O)(c2ccccc2)C(C)=C1. The number of rotatable bonds is 3. The molecule has 2 aromatic carbocycles. The van der Waals surface area contributed by atoms with Gasteiger partial charge in [-0.3, -0.25) is 4.57 Å². The molecule has 0 N–H and O–H groups in total. The van der Waals surface area contributed by atoms with Crippen LogP contribution in [0.2, 0.25) is 0 Å². The number of allylic oxidation sites excluding steroid dienone is 3. The summed E-state index contributed by atoms with van der Waals surface area (Å²) in [4.78, 5) is 0. The zero-order valence-corrected chi connectivity index (χ0v) is 13.8. The summed E-state index contributed by atoms with van der Waals surface area (Å²) in [5.41, 5.74) is 2.30. The highest BCUT2D eigenvalue weighted by atomic mass is 31.2. The van der Waals surface area contributed by atoms with E-state index < -0.39 is 7.29 Å². The summed E-state index contributed by atoms with van der Waals surface area (Å²) >= 11 is 0. The first-order chi connectivity index (χ1) is 10.6. The maximum Gasteiger partial charge on any atom is 0.225 e. The van der Waals surface area contributed by atoms with E-state index in [4.69, 9.17) is 0 Å². The van der Waals surface area contributed by atoms with Gasteiger partial charge in [0.15, 0.2) is 0 Å². The van der Waals surface area contributed by atoms with E-state index in [1.54, 1.807) is 0 Å². The van der Waals surface area contributed by atoms with Crippen molar-refractivity contribution in [3.63, 3.8) is 0 Å². The van der Waals surface area contributed by atoms with E-state index >= 15 is 0 Å². The van der Waals surface area contributed by atoms with Crippen molar-refractivity contribution in [3.8, 4) is 0 Å².